The molecule has 17 aromatic carbocycles. The number of fused-ring (bicyclic) bond motifs is 36. The maximum atomic E-state index is 6.44. The molecule has 2 spiro atoms. The van der Waals surface area contributed by atoms with E-state index >= 15 is 0 Å². The van der Waals surface area contributed by atoms with Crippen LogP contribution in [0.3, 0.4) is 0 Å². The van der Waals surface area contributed by atoms with Crippen LogP contribution in [-0.2, 0) is 10.8 Å². The summed E-state index contributed by atoms with van der Waals surface area (Å²) in [6.07, 6.45) is 0. The third-order valence-electron chi connectivity index (χ3n) is 23.6. The maximum Gasteiger partial charge on any atom is 0.135 e. The van der Waals surface area contributed by atoms with Crippen LogP contribution >= 0.6 is 0 Å². The average Bonchev–Trinajstić information content (AvgIpc) is 1.11. The predicted molar refractivity (Wildman–Crippen MR) is 404 cm³/mol. The zero-order chi connectivity index (χ0) is 63.4. The van der Waals surface area contributed by atoms with Gasteiger partial charge in [0.25, 0.3) is 0 Å². The lowest BCUT2D eigenvalue weighted by Gasteiger charge is -2.31. The van der Waals surface area contributed by atoms with Gasteiger partial charge < -0.3 is 8.83 Å². The second-order valence-electron chi connectivity index (χ2n) is 27.8. The zero-order valence-electron chi connectivity index (χ0n) is 52.8. The van der Waals surface area contributed by atoms with Gasteiger partial charge in [-0.3, -0.25) is 0 Å². The highest BCUT2D eigenvalue weighted by Gasteiger charge is 2.55. The second kappa shape index (κ2) is 18.2. The van der Waals surface area contributed by atoms with E-state index in [1.807, 2.05) is 0 Å². The molecule has 0 bridgehead atoms. The van der Waals surface area contributed by atoms with Gasteiger partial charge in [0.05, 0.1) is 10.8 Å². The second-order valence-corrected chi connectivity index (χ2v) is 27.8. The molecule has 2 aromatic heterocycles. The van der Waals surface area contributed by atoms with Crippen molar-refractivity contribution < 1.29 is 8.83 Å². The molecule has 0 radical (unpaired) electrons. The first-order valence-electron chi connectivity index (χ1n) is 34.3. The summed E-state index contributed by atoms with van der Waals surface area (Å²) in [5.41, 5.74) is 35.8. The van der Waals surface area contributed by atoms with Crippen LogP contribution in [0.5, 0.6) is 0 Å². The number of hydrogen-bond donors (Lipinski definition) is 0. The van der Waals surface area contributed by atoms with Crippen molar-refractivity contribution in [3.63, 3.8) is 0 Å². The summed E-state index contributed by atoms with van der Waals surface area (Å²) in [5.74, 6) is 0. The van der Waals surface area contributed by atoms with Gasteiger partial charge >= 0.3 is 0 Å². The van der Waals surface area contributed by atoms with Crippen molar-refractivity contribution in [2.24, 2.45) is 0 Å². The molecule has 19 aromatic rings. The molecule has 0 aliphatic heterocycles. The molecule has 0 saturated carbocycles. The van der Waals surface area contributed by atoms with E-state index in [9.17, 15) is 0 Å². The van der Waals surface area contributed by atoms with Gasteiger partial charge in [0.2, 0.25) is 0 Å². The lowest BCUT2D eigenvalue weighted by Crippen LogP contribution is -2.26. The quantitative estimate of drug-likeness (QED) is 0.165. The lowest BCUT2D eigenvalue weighted by molar-refractivity contribution is 0.668. The van der Waals surface area contributed by atoms with E-state index in [1.54, 1.807) is 0 Å². The third kappa shape index (κ3) is 6.19. The van der Waals surface area contributed by atoms with Crippen molar-refractivity contribution in [3.05, 3.63) is 360 Å². The Labute approximate surface area is 563 Å². The van der Waals surface area contributed by atoms with Gasteiger partial charge in [-0.2, -0.15) is 0 Å². The number of hydrogen-bond acceptors (Lipinski definition) is 2. The van der Waals surface area contributed by atoms with Gasteiger partial charge in [-0.15, -0.1) is 0 Å². The first kappa shape index (κ1) is 51.8. The summed E-state index contributed by atoms with van der Waals surface area (Å²) in [4.78, 5) is 0. The summed E-state index contributed by atoms with van der Waals surface area (Å²) in [6.45, 7) is 0. The Morgan fingerprint density at radius 3 is 1.20 bits per heavy atom. The van der Waals surface area contributed by atoms with Gasteiger partial charge in [0, 0.05) is 21.5 Å². The summed E-state index contributed by atoms with van der Waals surface area (Å²) in [5, 5.41) is 14.7. The highest BCUT2D eigenvalue weighted by Crippen LogP contribution is 2.69. The molecule has 5 aliphatic carbocycles. The molecule has 448 valence electrons. The smallest absolute Gasteiger partial charge is 0.135 e. The molecule has 0 saturated heterocycles. The molecule has 2 unspecified atom stereocenters. The zero-order valence-corrected chi connectivity index (χ0v) is 52.8. The molecule has 2 nitrogen and oxygen atoms in total. The molecule has 0 N–H and O–H groups in total. The van der Waals surface area contributed by atoms with E-state index in [2.05, 4.69) is 315 Å². The largest absolute Gasteiger partial charge is 0.456 e. The van der Waals surface area contributed by atoms with Gasteiger partial charge in [0.15, 0.2) is 0 Å². The topological polar surface area (TPSA) is 26.3 Å². The Morgan fingerprint density at radius 2 is 0.561 bits per heavy atom. The van der Waals surface area contributed by atoms with Crippen LogP contribution in [0.25, 0.3) is 187 Å². The van der Waals surface area contributed by atoms with E-state index in [0.717, 1.165) is 43.9 Å². The minimum atomic E-state index is -0.651. The molecule has 5 aliphatic rings. The summed E-state index contributed by atoms with van der Waals surface area (Å²) >= 11 is 0. The average molecular weight is 1240 g/mol. The highest BCUT2D eigenvalue weighted by atomic mass is 16.3. The first-order chi connectivity index (χ1) is 48.6. The molecular weight excluding hydrogens is 1190 g/mol. The van der Waals surface area contributed by atoms with Gasteiger partial charge in [-0.25, -0.2) is 0 Å². The highest BCUT2D eigenvalue weighted by molar-refractivity contribution is 6.28. The maximum absolute atomic E-state index is 6.44. The number of benzene rings is 17. The molecule has 0 amide bonds. The van der Waals surface area contributed by atoms with Gasteiger partial charge in [-0.1, -0.05) is 249 Å². The van der Waals surface area contributed by atoms with E-state index in [1.165, 1.54) is 188 Å². The van der Waals surface area contributed by atoms with E-state index in [4.69, 9.17) is 8.83 Å². The third-order valence-corrected chi connectivity index (χ3v) is 23.6. The van der Waals surface area contributed by atoms with Crippen molar-refractivity contribution in [1.82, 2.24) is 0 Å². The summed E-state index contributed by atoms with van der Waals surface area (Å²) in [6, 6.07) is 120. The standard InChI is InChI=1S/C96H52O2/c1-4-21-62-59(18-1)67-29-15-30-71-91(67)78(62)52-86-94(71)70-43-39-54(49-84(70)96(86)81-33-12-7-26-69(81)93-58(28-17-35-83(93)96)56-41-45-90-77(48-56)66-24-9-14-37-88(66)98-90)53-38-42-63-72(46-53)60-19-2-3-20-61(60)73-50-75-64-22-5-10-31-79(64)95(85(75)51-74(63)73)80-32-11-6-25-68(80)92-57(27-16-34-82(92)95)55-40-44-89-76(47-55)65-23-8-13-36-87(65)97-89/h1-52H. The van der Waals surface area contributed by atoms with Gasteiger partial charge in [-0.05, 0) is 254 Å². The van der Waals surface area contributed by atoms with Crippen LogP contribution in [-0.4, -0.2) is 0 Å². The van der Waals surface area contributed by atoms with Crippen molar-refractivity contribution in [2.45, 2.75) is 10.8 Å². The van der Waals surface area contributed by atoms with E-state index < -0.39 is 10.8 Å². The van der Waals surface area contributed by atoms with Crippen molar-refractivity contribution in [3.8, 4) is 100 Å². The van der Waals surface area contributed by atoms with Crippen LogP contribution in [0.2, 0.25) is 0 Å². The summed E-state index contributed by atoms with van der Waals surface area (Å²) < 4.78 is 12.8. The van der Waals surface area contributed by atoms with Crippen LogP contribution < -0.4 is 0 Å². The molecule has 24 rings (SSSR count). The fourth-order valence-corrected chi connectivity index (χ4v) is 19.8. The van der Waals surface area contributed by atoms with Crippen LogP contribution in [0.15, 0.2) is 324 Å². The Balaban J connectivity index is 0.733. The summed E-state index contributed by atoms with van der Waals surface area (Å²) in [7, 11) is 0. The normalized spacial score (nSPS) is 16.0. The van der Waals surface area contributed by atoms with Crippen molar-refractivity contribution in [1.29, 1.82) is 0 Å². The fourth-order valence-electron chi connectivity index (χ4n) is 19.8. The Morgan fingerprint density at radius 1 is 0.163 bits per heavy atom. The van der Waals surface area contributed by atoms with E-state index in [-0.39, 0.29) is 0 Å². The number of para-hydroxylation sites is 2. The van der Waals surface area contributed by atoms with Crippen molar-refractivity contribution >= 4 is 87.0 Å². The van der Waals surface area contributed by atoms with Crippen molar-refractivity contribution in [2.75, 3.05) is 0 Å². The van der Waals surface area contributed by atoms with Crippen LogP contribution in [0.4, 0.5) is 0 Å². The predicted octanol–water partition coefficient (Wildman–Crippen LogP) is 25.4. The van der Waals surface area contributed by atoms with Gasteiger partial charge in [0.1, 0.15) is 22.3 Å². The molecule has 2 atom stereocenters. The Kier molecular flexibility index (Phi) is 9.63. The molecule has 2 heteroatoms. The number of rotatable bonds is 3. The number of furan rings is 2. The Hall–Kier alpha value is -12.6. The van der Waals surface area contributed by atoms with E-state index in [0.29, 0.717) is 0 Å². The molecular formula is C96H52O2. The first-order valence-corrected chi connectivity index (χ1v) is 34.3. The Bertz CT molecular complexity index is 6950. The molecule has 98 heavy (non-hydrogen) atoms. The fraction of sp³-hybridized carbons (Fsp3) is 0.0208. The lowest BCUT2D eigenvalue weighted by atomic mass is 9.69. The molecule has 0 fully saturated rings. The minimum absolute atomic E-state index is 0.569. The molecule has 2 heterocycles. The minimum Gasteiger partial charge on any atom is -0.456 e. The van der Waals surface area contributed by atoms with Crippen LogP contribution in [0, 0.1) is 0 Å². The monoisotopic (exact) mass is 1240 g/mol. The SMILES string of the molecule is c1ccc2c(c1)-c1cccc3c4c(cc-2c13)C1(c2ccccc2-c2c(-c3ccc5oc6ccccc6c5c3)cccc21)c1cc(-c2ccc3c(c2)c2ccccc2c2cc5c(cc32)C2(c3ccccc3-5)c3ccccc3-c3c(-c5ccc6oc7ccccc7c6c5)cccc32)ccc1-4. The van der Waals surface area contributed by atoms with Crippen LogP contribution in [0.1, 0.15) is 44.5 Å².